The van der Waals surface area contributed by atoms with E-state index in [1.807, 2.05) is 0 Å². The fourth-order valence-electron chi connectivity index (χ4n) is 1.59. The molecule has 0 amide bonds. The van der Waals surface area contributed by atoms with Crippen LogP contribution in [-0.4, -0.2) is 12.5 Å². The summed E-state index contributed by atoms with van der Waals surface area (Å²) in [7, 11) is 0. The second kappa shape index (κ2) is 3.10. The SMILES string of the molecule is FC1(F)CCNC(c2ccco2)C1. The standard InChI is InChI=1S/C9H11F2NO/c10-9(11)3-4-12-7(6-9)8-2-1-5-13-8/h1-2,5,7,12H,3-4,6H2. The number of rotatable bonds is 1. The first-order valence-corrected chi connectivity index (χ1v) is 4.32. The van der Waals surface area contributed by atoms with Gasteiger partial charge in [0.1, 0.15) is 5.76 Å². The Morgan fingerprint density at radius 3 is 3.00 bits per heavy atom. The maximum absolute atomic E-state index is 13.0. The van der Waals surface area contributed by atoms with Gasteiger partial charge in [0.25, 0.3) is 5.92 Å². The fourth-order valence-corrected chi connectivity index (χ4v) is 1.59. The number of alkyl halides is 2. The Hall–Kier alpha value is -0.900. The van der Waals surface area contributed by atoms with E-state index in [-0.39, 0.29) is 18.9 Å². The van der Waals surface area contributed by atoms with Gasteiger partial charge in [-0.1, -0.05) is 0 Å². The molecule has 1 aliphatic rings. The maximum Gasteiger partial charge on any atom is 0.251 e. The minimum atomic E-state index is -2.55. The van der Waals surface area contributed by atoms with Crippen molar-refractivity contribution in [2.24, 2.45) is 0 Å². The minimum absolute atomic E-state index is 0.0792. The molecular formula is C9H11F2NO. The molecule has 1 aliphatic heterocycles. The first-order chi connectivity index (χ1) is 6.17. The lowest BCUT2D eigenvalue weighted by molar-refractivity contribution is -0.0439. The Kier molecular flexibility index (Phi) is 2.07. The molecule has 4 heteroatoms. The van der Waals surface area contributed by atoms with Crippen molar-refractivity contribution in [1.29, 1.82) is 0 Å². The molecule has 2 rings (SSSR count). The summed E-state index contributed by atoms with van der Waals surface area (Å²) in [6.45, 7) is 0.346. The van der Waals surface area contributed by atoms with Crippen LogP contribution in [0.15, 0.2) is 22.8 Å². The Morgan fingerprint density at radius 1 is 1.54 bits per heavy atom. The van der Waals surface area contributed by atoms with E-state index in [1.54, 1.807) is 12.1 Å². The van der Waals surface area contributed by atoms with Gasteiger partial charge in [-0.15, -0.1) is 0 Å². The molecule has 1 fully saturated rings. The molecule has 2 heterocycles. The number of piperidine rings is 1. The molecule has 0 radical (unpaired) electrons. The van der Waals surface area contributed by atoms with Crippen molar-refractivity contribution in [1.82, 2.24) is 5.32 Å². The van der Waals surface area contributed by atoms with Crippen molar-refractivity contribution >= 4 is 0 Å². The molecule has 1 aromatic rings. The van der Waals surface area contributed by atoms with E-state index in [0.717, 1.165) is 0 Å². The van der Waals surface area contributed by atoms with E-state index in [2.05, 4.69) is 5.32 Å². The summed E-state index contributed by atoms with van der Waals surface area (Å²) in [5, 5.41) is 3.00. The van der Waals surface area contributed by atoms with Crippen molar-refractivity contribution in [2.45, 2.75) is 24.8 Å². The van der Waals surface area contributed by atoms with Gasteiger partial charge in [0.05, 0.1) is 12.3 Å². The number of halogens is 2. The molecule has 13 heavy (non-hydrogen) atoms. The van der Waals surface area contributed by atoms with Gasteiger partial charge in [0.15, 0.2) is 0 Å². The van der Waals surface area contributed by atoms with Gasteiger partial charge in [0, 0.05) is 19.4 Å². The Bertz CT molecular complexity index is 271. The van der Waals surface area contributed by atoms with Crippen LogP contribution < -0.4 is 5.32 Å². The molecule has 1 N–H and O–H groups in total. The quantitative estimate of drug-likeness (QED) is 0.730. The van der Waals surface area contributed by atoms with E-state index in [4.69, 9.17) is 4.42 Å². The molecule has 0 aromatic carbocycles. The first-order valence-electron chi connectivity index (χ1n) is 4.32. The van der Waals surface area contributed by atoms with Gasteiger partial charge in [-0.3, -0.25) is 0 Å². The van der Waals surface area contributed by atoms with Crippen LogP contribution in [0.25, 0.3) is 0 Å². The van der Waals surface area contributed by atoms with Crippen LogP contribution in [0.2, 0.25) is 0 Å². The minimum Gasteiger partial charge on any atom is -0.468 e. The lowest BCUT2D eigenvalue weighted by Crippen LogP contribution is -2.38. The topological polar surface area (TPSA) is 25.2 Å². The molecule has 1 unspecified atom stereocenters. The number of hydrogen-bond acceptors (Lipinski definition) is 2. The number of furan rings is 1. The number of nitrogens with one attached hydrogen (secondary N) is 1. The summed E-state index contributed by atoms with van der Waals surface area (Å²) in [5.74, 6) is -1.96. The molecule has 1 aromatic heterocycles. The average molecular weight is 187 g/mol. The zero-order valence-corrected chi connectivity index (χ0v) is 7.09. The van der Waals surface area contributed by atoms with Crippen molar-refractivity contribution < 1.29 is 13.2 Å². The highest BCUT2D eigenvalue weighted by atomic mass is 19.3. The van der Waals surface area contributed by atoms with Gasteiger partial charge in [-0.25, -0.2) is 8.78 Å². The summed E-state index contributed by atoms with van der Waals surface area (Å²) in [6, 6.07) is 3.10. The first kappa shape index (κ1) is 8.69. The van der Waals surface area contributed by atoms with Crippen LogP contribution >= 0.6 is 0 Å². The molecule has 1 atom stereocenters. The average Bonchev–Trinajstić information content (AvgIpc) is 2.53. The number of hydrogen-bond donors (Lipinski definition) is 1. The van der Waals surface area contributed by atoms with Gasteiger partial charge >= 0.3 is 0 Å². The highest BCUT2D eigenvalue weighted by Crippen LogP contribution is 2.34. The molecule has 0 aliphatic carbocycles. The molecular weight excluding hydrogens is 176 g/mol. The fraction of sp³-hybridized carbons (Fsp3) is 0.556. The third kappa shape index (κ3) is 1.88. The second-order valence-electron chi connectivity index (χ2n) is 3.33. The summed E-state index contributed by atoms with van der Waals surface area (Å²) in [6.07, 6.45) is 1.26. The molecule has 2 nitrogen and oxygen atoms in total. The smallest absolute Gasteiger partial charge is 0.251 e. The monoisotopic (exact) mass is 187 g/mol. The van der Waals surface area contributed by atoms with E-state index in [0.29, 0.717) is 12.3 Å². The van der Waals surface area contributed by atoms with Crippen molar-refractivity contribution in [3.8, 4) is 0 Å². The normalized spacial score (nSPS) is 27.4. The van der Waals surface area contributed by atoms with Crippen molar-refractivity contribution in [3.05, 3.63) is 24.2 Å². The van der Waals surface area contributed by atoms with E-state index < -0.39 is 5.92 Å². The van der Waals surface area contributed by atoms with Crippen LogP contribution in [0.4, 0.5) is 8.78 Å². The zero-order valence-electron chi connectivity index (χ0n) is 7.09. The third-order valence-corrected chi connectivity index (χ3v) is 2.27. The van der Waals surface area contributed by atoms with Crippen LogP contribution in [-0.2, 0) is 0 Å². The molecule has 72 valence electrons. The van der Waals surface area contributed by atoms with Crippen molar-refractivity contribution in [3.63, 3.8) is 0 Å². The highest BCUT2D eigenvalue weighted by Gasteiger charge is 2.37. The van der Waals surface area contributed by atoms with Crippen LogP contribution in [0, 0.1) is 0 Å². The third-order valence-electron chi connectivity index (χ3n) is 2.27. The lowest BCUT2D eigenvalue weighted by Gasteiger charge is -2.28. The van der Waals surface area contributed by atoms with Crippen LogP contribution in [0.5, 0.6) is 0 Å². The van der Waals surface area contributed by atoms with E-state index >= 15 is 0 Å². The summed E-state index contributed by atoms with van der Waals surface area (Å²) < 4.78 is 31.0. The Morgan fingerprint density at radius 2 is 2.38 bits per heavy atom. The van der Waals surface area contributed by atoms with E-state index in [9.17, 15) is 8.78 Å². The summed E-state index contributed by atoms with van der Waals surface area (Å²) in [4.78, 5) is 0. The van der Waals surface area contributed by atoms with Crippen LogP contribution in [0.3, 0.4) is 0 Å². The predicted octanol–water partition coefficient (Wildman–Crippen LogP) is 2.34. The summed E-state index contributed by atoms with van der Waals surface area (Å²) in [5.41, 5.74) is 0. The van der Waals surface area contributed by atoms with Gasteiger partial charge in [-0.05, 0) is 12.1 Å². The summed E-state index contributed by atoms with van der Waals surface area (Å²) >= 11 is 0. The van der Waals surface area contributed by atoms with Crippen LogP contribution in [0.1, 0.15) is 24.6 Å². The predicted molar refractivity (Wildman–Crippen MR) is 43.6 cm³/mol. The maximum atomic E-state index is 13.0. The largest absolute Gasteiger partial charge is 0.468 e. The molecule has 1 saturated heterocycles. The molecule has 0 saturated carbocycles. The Labute approximate surface area is 74.9 Å². The Balaban J connectivity index is 2.09. The second-order valence-corrected chi connectivity index (χ2v) is 3.33. The highest BCUT2D eigenvalue weighted by molar-refractivity contribution is 5.06. The van der Waals surface area contributed by atoms with Gasteiger partial charge in [0.2, 0.25) is 0 Å². The van der Waals surface area contributed by atoms with E-state index in [1.165, 1.54) is 6.26 Å². The molecule has 0 bridgehead atoms. The lowest BCUT2D eigenvalue weighted by atomic mass is 9.99. The zero-order chi connectivity index (χ0) is 9.31. The van der Waals surface area contributed by atoms with Gasteiger partial charge in [-0.2, -0.15) is 0 Å². The van der Waals surface area contributed by atoms with Gasteiger partial charge < -0.3 is 9.73 Å². The van der Waals surface area contributed by atoms with Crippen molar-refractivity contribution in [2.75, 3.05) is 6.54 Å². The molecule has 0 spiro atoms.